The van der Waals surface area contributed by atoms with Crippen LogP contribution in [0, 0.1) is 11.7 Å². The average molecular weight is 366 g/mol. The number of ether oxygens (including phenoxy) is 2. The number of carbonyl (C=O) groups excluding carboxylic acids is 1. The second kappa shape index (κ2) is 6.70. The molecule has 0 aromatic heterocycles. The van der Waals surface area contributed by atoms with Crippen LogP contribution in [0.4, 0.5) is 23.7 Å². The molecule has 1 saturated carbocycles. The molecule has 2 rings (SSSR count). The van der Waals surface area contributed by atoms with Crippen LogP contribution in [0.5, 0.6) is 5.75 Å². The molecule has 134 valence electrons. The lowest BCUT2D eigenvalue weighted by Crippen LogP contribution is -2.38. The molecule has 0 saturated heterocycles. The molecule has 1 amide bonds. The van der Waals surface area contributed by atoms with Crippen LogP contribution in [-0.4, -0.2) is 24.2 Å². The van der Waals surface area contributed by atoms with Crippen LogP contribution in [0.2, 0.25) is 5.02 Å². The molecule has 4 nitrogen and oxygen atoms in total. The SMILES string of the molecule is CC(C)(C)OC(=O)Nc1ccc(OCC2CC(F)(F)C2)c(Cl)c1F. The number of halogens is 4. The van der Waals surface area contributed by atoms with E-state index in [1.807, 2.05) is 0 Å². The summed E-state index contributed by atoms with van der Waals surface area (Å²) in [5.74, 6) is -3.75. The van der Waals surface area contributed by atoms with Crippen LogP contribution < -0.4 is 10.1 Å². The van der Waals surface area contributed by atoms with E-state index < -0.39 is 23.4 Å². The topological polar surface area (TPSA) is 47.6 Å². The Morgan fingerprint density at radius 2 is 2.00 bits per heavy atom. The number of nitrogens with one attached hydrogen (secondary N) is 1. The number of hydrogen-bond acceptors (Lipinski definition) is 3. The first-order valence-corrected chi connectivity index (χ1v) is 7.83. The van der Waals surface area contributed by atoms with Crippen LogP contribution in [0.15, 0.2) is 12.1 Å². The first-order chi connectivity index (χ1) is 11.0. The lowest BCUT2D eigenvalue weighted by atomic mass is 9.82. The van der Waals surface area contributed by atoms with Gasteiger partial charge in [0.25, 0.3) is 0 Å². The molecule has 1 aromatic rings. The fourth-order valence-electron chi connectivity index (χ4n) is 2.26. The minimum atomic E-state index is -2.63. The summed E-state index contributed by atoms with van der Waals surface area (Å²) in [7, 11) is 0. The summed E-state index contributed by atoms with van der Waals surface area (Å²) in [5.41, 5.74) is -0.880. The van der Waals surface area contributed by atoms with Crippen molar-refractivity contribution in [1.29, 1.82) is 0 Å². The molecule has 0 spiro atoms. The minimum absolute atomic E-state index is 0.0353. The number of alkyl halides is 2. The summed E-state index contributed by atoms with van der Waals surface area (Å²) >= 11 is 5.88. The highest BCUT2D eigenvalue weighted by Crippen LogP contribution is 2.43. The summed E-state index contributed by atoms with van der Waals surface area (Å²) in [6.45, 7) is 5.07. The van der Waals surface area contributed by atoms with E-state index in [0.717, 1.165) is 0 Å². The van der Waals surface area contributed by atoms with Gasteiger partial charge < -0.3 is 9.47 Å². The number of rotatable bonds is 4. The van der Waals surface area contributed by atoms with Gasteiger partial charge in [0, 0.05) is 18.8 Å². The molecule has 0 bridgehead atoms. The van der Waals surface area contributed by atoms with E-state index >= 15 is 0 Å². The van der Waals surface area contributed by atoms with Crippen molar-refractivity contribution < 1.29 is 27.4 Å². The zero-order chi connectivity index (χ0) is 18.1. The van der Waals surface area contributed by atoms with Gasteiger partial charge in [-0.25, -0.2) is 18.0 Å². The minimum Gasteiger partial charge on any atom is -0.492 e. The van der Waals surface area contributed by atoms with Gasteiger partial charge >= 0.3 is 6.09 Å². The lowest BCUT2D eigenvalue weighted by molar-refractivity contribution is -0.119. The van der Waals surface area contributed by atoms with E-state index in [2.05, 4.69) is 5.32 Å². The molecule has 1 aromatic carbocycles. The van der Waals surface area contributed by atoms with Crippen molar-refractivity contribution in [3.63, 3.8) is 0 Å². The fourth-order valence-corrected chi connectivity index (χ4v) is 2.48. The predicted molar refractivity (Wildman–Crippen MR) is 84.4 cm³/mol. The number of hydrogen-bond donors (Lipinski definition) is 1. The van der Waals surface area contributed by atoms with Gasteiger partial charge in [-0.05, 0) is 32.9 Å². The fraction of sp³-hybridized carbons (Fsp3) is 0.562. The van der Waals surface area contributed by atoms with Gasteiger partial charge in [-0.2, -0.15) is 0 Å². The first-order valence-electron chi connectivity index (χ1n) is 7.45. The summed E-state index contributed by atoms with van der Waals surface area (Å²) < 4.78 is 50.0. The van der Waals surface area contributed by atoms with Crippen molar-refractivity contribution in [2.75, 3.05) is 11.9 Å². The molecule has 1 fully saturated rings. The van der Waals surface area contributed by atoms with Crippen LogP contribution in [0.25, 0.3) is 0 Å². The molecule has 0 radical (unpaired) electrons. The van der Waals surface area contributed by atoms with E-state index in [4.69, 9.17) is 21.1 Å². The molecule has 1 aliphatic rings. The van der Waals surface area contributed by atoms with Crippen molar-refractivity contribution in [1.82, 2.24) is 0 Å². The van der Waals surface area contributed by atoms with Gasteiger partial charge in [-0.15, -0.1) is 0 Å². The number of amides is 1. The molecule has 1 aliphatic carbocycles. The zero-order valence-electron chi connectivity index (χ0n) is 13.6. The quantitative estimate of drug-likeness (QED) is 0.792. The molecule has 0 unspecified atom stereocenters. The summed E-state index contributed by atoms with van der Waals surface area (Å²) in [4.78, 5) is 11.7. The third-order valence-corrected chi connectivity index (χ3v) is 3.68. The number of benzene rings is 1. The van der Waals surface area contributed by atoms with Gasteiger partial charge in [0.15, 0.2) is 5.82 Å². The Hall–Kier alpha value is -1.63. The van der Waals surface area contributed by atoms with Gasteiger partial charge in [-0.3, -0.25) is 5.32 Å². The molecular formula is C16H19ClF3NO3. The smallest absolute Gasteiger partial charge is 0.412 e. The van der Waals surface area contributed by atoms with Crippen molar-refractivity contribution >= 4 is 23.4 Å². The third kappa shape index (κ3) is 4.93. The maximum atomic E-state index is 14.2. The third-order valence-electron chi connectivity index (χ3n) is 3.33. The van der Waals surface area contributed by atoms with E-state index in [1.165, 1.54) is 12.1 Å². The maximum Gasteiger partial charge on any atom is 0.412 e. The summed E-state index contributed by atoms with van der Waals surface area (Å²) in [6.07, 6.45) is -1.31. The highest BCUT2D eigenvalue weighted by Gasteiger charge is 2.45. The van der Waals surface area contributed by atoms with Crippen molar-refractivity contribution in [3.05, 3.63) is 23.0 Å². The first kappa shape index (κ1) is 18.7. The molecule has 24 heavy (non-hydrogen) atoms. The Kier molecular flexibility index (Phi) is 5.22. The van der Waals surface area contributed by atoms with Gasteiger partial charge in [0.05, 0.1) is 12.3 Å². The largest absolute Gasteiger partial charge is 0.492 e. The van der Waals surface area contributed by atoms with E-state index in [0.29, 0.717) is 0 Å². The summed E-state index contributed by atoms with van der Waals surface area (Å²) in [5, 5.41) is 1.93. The summed E-state index contributed by atoms with van der Waals surface area (Å²) in [6, 6.07) is 2.64. The molecule has 1 N–H and O–H groups in total. The van der Waals surface area contributed by atoms with Gasteiger partial charge in [0.1, 0.15) is 16.4 Å². The molecule has 8 heteroatoms. The van der Waals surface area contributed by atoms with Crippen molar-refractivity contribution in [2.24, 2.45) is 5.92 Å². The van der Waals surface area contributed by atoms with Crippen LogP contribution >= 0.6 is 11.6 Å². The number of carbonyl (C=O) groups is 1. The monoisotopic (exact) mass is 365 g/mol. The Morgan fingerprint density at radius 1 is 1.38 bits per heavy atom. The van der Waals surface area contributed by atoms with Gasteiger partial charge in [-0.1, -0.05) is 11.6 Å². The second-order valence-corrected chi connectivity index (χ2v) is 7.19. The van der Waals surface area contributed by atoms with Crippen molar-refractivity contribution in [3.8, 4) is 5.75 Å². The van der Waals surface area contributed by atoms with E-state index in [9.17, 15) is 18.0 Å². The molecular weight excluding hydrogens is 347 g/mol. The van der Waals surface area contributed by atoms with E-state index in [-0.39, 0.29) is 41.8 Å². The van der Waals surface area contributed by atoms with Crippen LogP contribution in [-0.2, 0) is 4.74 Å². The normalized spacial score (nSPS) is 17.1. The van der Waals surface area contributed by atoms with E-state index in [1.54, 1.807) is 20.8 Å². The Morgan fingerprint density at radius 3 is 2.54 bits per heavy atom. The average Bonchev–Trinajstić information content (AvgIpc) is 2.38. The molecule has 0 atom stereocenters. The Balaban J connectivity index is 1.96. The Labute approximate surface area is 143 Å². The standard InChI is InChI=1S/C16H19ClF3NO3/c1-15(2,3)24-14(22)21-10-4-5-11(12(17)13(10)18)23-8-9-6-16(19,20)7-9/h4-5,9H,6-8H2,1-3H3,(H,21,22). The maximum absolute atomic E-state index is 14.2. The Bertz CT molecular complexity index is 624. The molecule has 0 aliphatic heterocycles. The highest BCUT2D eigenvalue weighted by atomic mass is 35.5. The van der Waals surface area contributed by atoms with Crippen LogP contribution in [0.1, 0.15) is 33.6 Å². The lowest BCUT2D eigenvalue weighted by Gasteiger charge is -2.34. The number of anilines is 1. The second-order valence-electron chi connectivity index (χ2n) is 6.81. The zero-order valence-corrected chi connectivity index (χ0v) is 14.3. The van der Waals surface area contributed by atoms with Crippen molar-refractivity contribution in [2.45, 2.75) is 45.1 Å². The highest BCUT2D eigenvalue weighted by molar-refractivity contribution is 6.32. The predicted octanol–water partition coefficient (Wildman–Crippen LogP) is 5.25. The molecule has 0 heterocycles. The van der Waals surface area contributed by atoms with Crippen LogP contribution in [0.3, 0.4) is 0 Å². The van der Waals surface area contributed by atoms with Gasteiger partial charge in [0.2, 0.25) is 5.92 Å².